The van der Waals surface area contributed by atoms with Crippen LogP contribution in [-0.4, -0.2) is 32.3 Å². The van der Waals surface area contributed by atoms with E-state index in [1.165, 1.54) is 51.4 Å². The highest BCUT2D eigenvalue weighted by atomic mass is 16.5. The molecular weight excluding hydrogens is 212 g/mol. The minimum Gasteiger partial charge on any atom is -0.378 e. The molecule has 1 aliphatic heterocycles. The van der Waals surface area contributed by atoms with Gasteiger partial charge in [-0.05, 0) is 50.6 Å². The third kappa shape index (κ3) is 3.94. The van der Waals surface area contributed by atoms with Gasteiger partial charge in [0.15, 0.2) is 0 Å². The summed E-state index contributed by atoms with van der Waals surface area (Å²) in [6.07, 6.45) is 10.9. The molecule has 1 atom stereocenters. The Morgan fingerprint density at radius 3 is 2.65 bits per heavy atom. The maximum absolute atomic E-state index is 5.98. The summed E-state index contributed by atoms with van der Waals surface area (Å²) < 4.78 is 5.63. The van der Waals surface area contributed by atoms with Gasteiger partial charge in [-0.15, -0.1) is 0 Å². The maximum atomic E-state index is 5.98. The van der Waals surface area contributed by atoms with E-state index < -0.39 is 0 Å². The molecular formula is C14H28N2O. The van der Waals surface area contributed by atoms with E-state index in [1.54, 1.807) is 0 Å². The molecule has 0 aromatic heterocycles. The van der Waals surface area contributed by atoms with Crippen LogP contribution < -0.4 is 11.1 Å². The van der Waals surface area contributed by atoms with E-state index in [-0.39, 0.29) is 0 Å². The van der Waals surface area contributed by atoms with E-state index in [9.17, 15) is 0 Å². The van der Waals surface area contributed by atoms with Crippen molar-refractivity contribution in [3.05, 3.63) is 0 Å². The first kappa shape index (κ1) is 13.3. The quantitative estimate of drug-likeness (QED) is 0.699. The SMILES string of the molecule is NCC1(CNCCC2CCCO2)CCCCC1. The average molecular weight is 240 g/mol. The minimum absolute atomic E-state index is 0.398. The Kier molecular flexibility index (Phi) is 5.26. The van der Waals surface area contributed by atoms with Gasteiger partial charge in [0.25, 0.3) is 0 Å². The normalized spacial score (nSPS) is 28.4. The van der Waals surface area contributed by atoms with Crippen molar-refractivity contribution >= 4 is 0 Å². The first-order chi connectivity index (χ1) is 8.35. The summed E-state index contributed by atoms with van der Waals surface area (Å²) in [7, 11) is 0. The van der Waals surface area contributed by atoms with Gasteiger partial charge in [0.2, 0.25) is 0 Å². The minimum atomic E-state index is 0.398. The van der Waals surface area contributed by atoms with Crippen LogP contribution in [0.1, 0.15) is 51.4 Å². The molecule has 0 spiro atoms. The summed E-state index contributed by atoms with van der Waals surface area (Å²) in [6.45, 7) is 4.01. The number of hydrogen-bond donors (Lipinski definition) is 2. The van der Waals surface area contributed by atoms with Crippen molar-refractivity contribution in [1.82, 2.24) is 5.32 Å². The first-order valence-electron chi connectivity index (χ1n) is 7.37. The van der Waals surface area contributed by atoms with E-state index in [0.29, 0.717) is 11.5 Å². The van der Waals surface area contributed by atoms with Crippen LogP contribution in [0.15, 0.2) is 0 Å². The Hall–Kier alpha value is -0.120. The van der Waals surface area contributed by atoms with Crippen molar-refractivity contribution in [3.8, 4) is 0 Å². The molecule has 2 fully saturated rings. The topological polar surface area (TPSA) is 47.3 Å². The van der Waals surface area contributed by atoms with Gasteiger partial charge in [-0.25, -0.2) is 0 Å². The Morgan fingerprint density at radius 2 is 2.00 bits per heavy atom. The van der Waals surface area contributed by atoms with Gasteiger partial charge < -0.3 is 15.8 Å². The third-order valence-electron chi connectivity index (χ3n) is 4.51. The molecule has 1 saturated carbocycles. The number of hydrogen-bond acceptors (Lipinski definition) is 3. The molecule has 3 heteroatoms. The lowest BCUT2D eigenvalue weighted by molar-refractivity contribution is 0.102. The number of nitrogens with two attached hydrogens (primary N) is 1. The molecule has 17 heavy (non-hydrogen) atoms. The van der Waals surface area contributed by atoms with E-state index in [1.807, 2.05) is 0 Å². The molecule has 3 N–H and O–H groups in total. The van der Waals surface area contributed by atoms with Crippen LogP contribution in [0.2, 0.25) is 0 Å². The Bertz CT molecular complexity index is 208. The zero-order chi connectivity index (χ0) is 12.0. The molecule has 2 rings (SSSR count). The van der Waals surface area contributed by atoms with Crippen molar-refractivity contribution in [1.29, 1.82) is 0 Å². The second-order valence-electron chi connectivity index (χ2n) is 5.87. The smallest absolute Gasteiger partial charge is 0.0588 e. The molecule has 0 aromatic carbocycles. The molecule has 0 amide bonds. The lowest BCUT2D eigenvalue weighted by Gasteiger charge is -2.36. The Balaban J connectivity index is 1.61. The van der Waals surface area contributed by atoms with Gasteiger partial charge in [0.1, 0.15) is 0 Å². The van der Waals surface area contributed by atoms with Crippen LogP contribution in [-0.2, 0) is 4.74 Å². The predicted octanol–water partition coefficient (Wildman–Crippen LogP) is 2.05. The van der Waals surface area contributed by atoms with E-state index in [4.69, 9.17) is 10.5 Å². The molecule has 100 valence electrons. The maximum Gasteiger partial charge on any atom is 0.0588 e. The highest BCUT2D eigenvalue weighted by Gasteiger charge is 2.30. The Morgan fingerprint density at radius 1 is 1.18 bits per heavy atom. The van der Waals surface area contributed by atoms with Crippen LogP contribution in [0.3, 0.4) is 0 Å². The fourth-order valence-corrected chi connectivity index (χ4v) is 3.24. The summed E-state index contributed by atoms with van der Waals surface area (Å²) in [5.74, 6) is 0. The van der Waals surface area contributed by atoms with Crippen LogP contribution >= 0.6 is 0 Å². The monoisotopic (exact) mass is 240 g/mol. The second kappa shape index (κ2) is 6.72. The summed E-state index contributed by atoms with van der Waals surface area (Å²) in [4.78, 5) is 0. The van der Waals surface area contributed by atoms with Crippen LogP contribution in [0.4, 0.5) is 0 Å². The summed E-state index contributed by atoms with van der Waals surface area (Å²) in [6, 6.07) is 0. The molecule has 0 radical (unpaired) electrons. The fourth-order valence-electron chi connectivity index (χ4n) is 3.24. The number of nitrogens with one attached hydrogen (secondary N) is 1. The standard InChI is InChI=1S/C14H28N2O/c15-11-14(7-2-1-3-8-14)12-16-9-6-13-5-4-10-17-13/h13,16H,1-12,15H2. The first-order valence-corrected chi connectivity index (χ1v) is 7.37. The van der Waals surface area contributed by atoms with Crippen molar-refractivity contribution in [2.24, 2.45) is 11.1 Å². The molecule has 2 aliphatic rings. The number of ether oxygens (including phenoxy) is 1. The largest absolute Gasteiger partial charge is 0.378 e. The van der Waals surface area contributed by atoms with Crippen LogP contribution in [0.25, 0.3) is 0 Å². The van der Waals surface area contributed by atoms with Gasteiger partial charge in [-0.3, -0.25) is 0 Å². The molecule has 3 nitrogen and oxygen atoms in total. The van der Waals surface area contributed by atoms with Gasteiger partial charge in [-0.2, -0.15) is 0 Å². The molecule has 1 saturated heterocycles. The average Bonchev–Trinajstić information content (AvgIpc) is 2.89. The molecule has 0 aromatic rings. The van der Waals surface area contributed by atoms with Gasteiger partial charge in [0, 0.05) is 13.2 Å². The third-order valence-corrected chi connectivity index (χ3v) is 4.51. The molecule has 1 aliphatic carbocycles. The summed E-state index contributed by atoms with van der Waals surface area (Å²) in [5.41, 5.74) is 6.38. The van der Waals surface area contributed by atoms with Crippen molar-refractivity contribution in [2.45, 2.75) is 57.5 Å². The van der Waals surface area contributed by atoms with Crippen molar-refractivity contribution < 1.29 is 4.74 Å². The Labute approximate surface area is 105 Å². The van der Waals surface area contributed by atoms with Gasteiger partial charge in [0.05, 0.1) is 6.10 Å². The highest BCUT2D eigenvalue weighted by molar-refractivity contribution is 4.85. The van der Waals surface area contributed by atoms with E-state index in [2.05, 4.69) is 5.32 Å². The zero-order valence-electron chi connectivity index (χ0n) is 11.0. The number of rotatable bonds is 6. The lowest BCUT2D eigenvalue weighted by atomic mass is 9.74. The van der Waals surface area contributed by atoms with Crippen LogP contribution in [0.5, 0.6) is 0 Å². The van der Waals surface area contributed by atoms with E-state index in [0.717, 1.165) is 26.2 Å². The molecule has 1 heterocycles. The summed E-state index contributed by atoms with van der Waals surface area (Å²) >= 11 is 0. The second-order valence-corrected chi connectivity index (χ2v) is 5.87. The fraction of sp³-hybridized carbons (Fsp3) is 1.00. The van der Waals surface area contributed by atoms with Gasteiger partial charge >= 0.3 is 0 Å². The van der Waals surface area contributed by atoms with Gasteiger partial charge in [-0.1, -0.05) is 19.3 Å². The molecule has 0 bridgehead atoms. The predicted molar refractivity (Wildman–Crippen MR) is 71.0 cm³/mol. The van der Waals surface area contributed by atoms with E-state index >= 15 is 0 Å². The highest BCUT2D eigenvalue weighted by Crippen LogP contribution is 2.34. The summed E-state index contributed by atoms with van der Waals surface area (Å²) in [5, 5.41) is 3.61. The molecule has 1 unspecified atom stereocenters. The van der Waals surface area contributed by atoms with Crippen molar-refractivity contribution in [2.75, 3.05) is 26.2 Å². The lowest BCUT2D eigenvalue weighted by Crippen LogP contribution is -2.42. The van der Waals surface area contributed by atoms with Crippen molar-refractivity contribution in [3.63, 3.8) is 0 Å². The van der Waals surface area contributed by atoms with Crippen LogP contribution in [0, 0.1) is 5.41 Å². The zero-order valence-corrected chi connectivity index (χ0v) is 11.0.